The third-order valence-electron chi connectivity index (χ3n) is 5.82. The minimum atomic E-state index is -3.81. The number of sulfonamides is 1. The van der Waals surface area contributed by atoms with Crippen LogP contribution in [0.3, 0.4) is 0 Å². The van der Waals surface area contributed by atoms with E-state index in [1.54, 1.807) is 13.2 Å². The zero-order chi connectivity index (χ0) is 24.3. The molecule has 1 aliphatic heterocycles. The van der Waals surface area contributed by atoms with Crippen molar-refractivity contribution in [2.24, 2.45) is 0 Å². The van der Waals surface area contributed by atoms with Gasteiger partial charge >= 0.3 is 5.69 Å². The lowest BCUT2D eigenvalue weighted by Gasteiger charge is -2.17. The van der Waals surface area contributed by atoms with Crippen molar-refractivity contribution in [1.82, 2.24) is 8.87 Å². The predicted molar refractivity (Wildman–Crippen MR) is 121 cm³/mol. The van der Waals surface area contributed by atoms with Crippen LogP contribution in [0.5, 0.6) is 5.75 Å². The molecule has 1 atom stereocenters. The Morgan fingerprint density at radius 3 is 2.48 bits per heavy atom. The van der Waals surface area contributed by atoms with Crippen LogP contribution in [0.1, 0.15) is 47.6 Å². The Bertz CT molecular complexity index is 1150. The Balaban J connectivity index is 1.81. The van der Waals surface area contributed by atoms with Crippen molar-refractivity contribution >= 4 is 21.5 Å². The number of Topliss-reactive ketones (excluding diaryl/α,β-unsaturated/α-hetero) is 1. The fourth-order valence-electron chi connectivity index (χ4n) is 4.27. The van der Waals surface area contributed by atoms with Gasteiger partial charge in [-0.15, -0.1) is 0 Å². The summed E-state index contributed by atoms with van der Waals surface area (Å²) in [6.45, 7) is 6.55. The average Bonchev–Trinajstić information content (AvgIpc) is 3.40. The number of nitrogens with zero attached hydrogens (tertiary/aromatic N) is 3. The Labute approximate surface area is 193 Å². The topological polar surface area (TPSA) is 121 Å². The third-order valence-corrected chi connectivity index (χ3v) is 7.72. The summed E-state index contributed by atoms with van der Waals surface area (Å²) in [7, 11) is -2.20. The van der Waals surface area contributed by atoms with Gasteiger partial charge in [0.2, 0.25) is 15.8 Å². The number of hydrogen-bond acceptors (Lipinski definition) is 7. The maximum atomic E-state index is 12.8. The van der Waals surface area contributed by atoms with Crippen molar-refractivity contribution < 1.29 is 27.6 Å². The van der Waals surface area contributed by atoms with E-state index in [9.17, 15) is 23.3 Å². The molecule has 2 heterocycles. The summed E-state index contributed by atoms with van der Waals surface area (Å²) in [6.07, 6.45) is 1.52. The van der Waals surface area contributed by atoms with Gasteiger partial charge in [-0.1, -0.05) is 0 Å². The normalized spacial score (nSPS) is 15.5. The lowest BCUT2D eigenvalue weighted by molar-refractivity contribution is -0.386. The summed E-state index contributed by atoms with van der Waals surface area (Å²) in [5, 5.41) is 11.6. The van der Waals surface area contributed by atoms with Gasteiger partial charge in [0.15, 0.2) is 12.4 Å². The number of ether oxygens (including phenoxy) is 2. The van der Waals surface area contributed by atoms with Gasteiger partial charge in [0.1, 0.15) is 0 Å². The van der Waals surface area contributed by atoms with Crippen molar-refractivity contribution in [2.45, 2.75) is 44.6 Å². The number of ketones is 1. The number of aryl methyl sites for hydroxylation is 1. The van der Waals surface area contributed by atoms with E-state index in [-0.39, 0.29) is 22.5 Å². The number of nitro benzene ring substituents is 1. The third kappa shape index (κ3) is 5.10. The maximum absolute atomic E-state index is 12.8. The summed E-state index contributed by atoms with van der Waals surface area (Å²) < 4.78 is 39.5. The first-order valence-electron chi connectivity index (χ1n) is 10.7. The van der Waals surface area contributed by atoms with Crippen LogP contribution in [0.2, 0.25) is 0 Å². The molecule has 1 fully saturated rings. The van der Waals surface area contributed by atoms with Gasteiger partial charge in [0, 0.05) is 43.2 Å². The zero-order valence-electron chi connectivity index (χ0n) is 19.2. The Morgan fingerprint density at radius 1 is 1.21 bits per heavy atom. The van der Waals surface area contributed by atoms with E-state index in [0.717, 1.165) is 30.3 Å². The molecule has 1 saturated heterocycles. The first-order valence-corrected chi connectivity index (χ1v) is 12.1. The monoisotopic (exact) mass is 479 g/mol. The van der Waals surface area contributed by atoms with E-state index in [2.05, 4.69) is 0 Å². The van der Waals surface area contributed by atoms with Crippen LogP contribution >= 0.6 is 0 Å². The highest BCUT2D eigenvalue weighted by Gasteiger charge is 2.30. The van der Waals surface area contributed by atoms with Gasteiger partial charge in [-0.25, -0.2) is 8.42 Å². The second-order valence-corrected chi connectivity index (χ2v) is 10.1. The molecule has 11 heteroatoms. The van der Waals surface area contributed by atoms with Crippen LogP contribution in [-0.4, -0.2) is 61.4 Å². The molecule has 0 amide bonds. The van der Waals surface area contributed by atoms with Gasteiger partial charge in [-0.05, 0) is 51.8 Å². The summed E-state index contributed by atoms with van der Waals surface area (Å²) >= 11 is 0. The van der Waals surface area contributed by atoms with Crippen molar-refractivity contribution in [1.29, 1.82) is 0 Å². The van der Waals surface area contributed by atoms with E-state index >= 15 is 0 Å². The lowest BCUT2D eigenvalue weighted by atomic mass is 10.1. The molecule has 0 spiro atoms. The highest BCUT2D eigenvalue weighted by atomic mass is 32.2. The summed E-state index contributed by atoms with van der Waals surface area (Å²) in [6, 6.07) is 5.29. The molecule has 1 aliphatic rings. The molecular formula is C22H29N3O7S. The average molecular weight is 480 g/mol. The number of carbonyl (C=O) groups excluding carboxylic acids is 1. The molecule has 2 aromatic rings. The largest absolute Gasteiger partial charge is 0.478 e. The number of aromatic nitrogens is 1. The number of methoxy groups -OCH3 is 1. The minimum Gasteiger partial charge on any atom is -0.478 e. The molecular weight excluding hydrogens is 450 g/mol. The molecule has 3 rings (SSSR count). The van der Waals surface area contributed by atoms with Crippen LogP contribution < -0.4 is 4.74 Å². The van der Waals surface area contributed by atoms with E-state index in [4.69, 9.17) is 9.47 Å². The molecule has 180 valence electrons. The van der Waals surface area contributed by atoms with Gasteiger partial charge in [-0.3, -0.25) is 14.9 Å². The molecule has 0 N–H and O–H groups in total. The van der Waals surface area contributed by atoms with Crippen LogP contribution in [0.25, 0.3) is 0 Å². The molecule has 0 radical (unpaired) electrons. The fourth-order valence-corrected chi connectivity index (χ4v) is 5.81. The number of carbonyl (C=O) groups is 1. The van der Waals surface area contributed by atoms with Crippen molar-refractivity contribution in [3.05, 3.63) is 51.3 Å². The van der Waals surface area contributed by atoms with Crippen LogP contribution in [0.4, 0.5) is 5.69 Å². The number of benzene rings is 1. The summed E-state index contributed by atoms with van der Waals surface area (Å²) in [4.78, 5) is 23.5. The van der Waals surface area contributed by atoms with Crippen molar-refractivity contribution in [2.75, 3.05) is 33.4 Å². The van der Waals surface area contributed by atoms with E-state index < -0.39 is 27.2 Å². The second kappa shape index (κ2) is 10.0. The maximum Gasteiger partial charge on any atom is 0.312 e. The fraction of sp³-hybridized carbons (Fsp3) is 0.500. The van der Waals surface area contributed by atoms with Gasteiger partial charge in [0.25, 0.3) is 0 Å². The number of hydrogen-bond donors (Lipinski definition) is 0. The Kier molecular flexibility index (Phi) is 7.55. The standard InChI is InChI=1S/C22H29N3O7S/c1-15-11-19(17(3)24(15)16(2)13-31-4)21(26)14-32-22-8-7-18(12-20(22)25(27)28)33(29,30)23-9-5-6-10-23/h7-8,11-12,16H,5-6,9-10,13-14H2,1-4H3. The van der Waals surface area contributed by atoms with Gasteiger partial charge < -0.3 is 14.0 Å². The highest BCUT2D eigenvalue weighted by Crippen LogP contribution is 2.32. The molecule has 0 aliphatic carbocycles. The molecule has 1 aromatic heterocycles. The molecule has 33 heavy (non-hydrogen) atoms. The van der Waals surface area contributed by atoms with Crippen LogP contribution in [0, 0.1) is 24.0 Å². The van der Waals surface area contributed by atoms with Crippen molar-refractivity contribution in [3.8, 4) is 5.75 Å². The predicted octanol–water partition coefficient (Wildman–Crippen LogP) is 3.27. The zero-order valence-corrected chi connectivity index (χ0v) is 20.1. The van der Waals surface area contributed by atoms with Gasteiger partial charge in [0.05, 0.1) is 22.5 Å². The first-order chi connectivity index (χ1) is 15.6. The van der Waals surface area contributed by atoms with Gasteiger partial charge in [-0.2, -0.15) is 4.31 Å². The van der Waals surface area contributed by atoms with E-state index in [0.29, 0.717) is 25.3 Å². The van der Waals surface area contributed by atoms with E-state index in [1.165, 1.54) is 16.4 Å². The second-order valence-electron chi connectivity index (χ2n) is 8.17. The number of nitro groups is 1. The molecule has 1 unspecified atom stereocenters. The van der Waals surface area contributed by atoms with Crippen molar-refractivity contribution in [3.63, 3.8) is 0 Å². The molecule has 0 saturated carbocycles. The first kappa shape index (κ1) is 24.9. The van der Waals surface area contributed by atoms with Crippen LogP contribution in [0.15, 0.2) is 29.2 Å². The minimum absolute atomic E-state index is 0.0312. The van der Waals surface area contributed by atoms with E-state index in [1.807, 2.05) is 25.3 Å². The number of rotatable bonds is 10. The smallest absolute Gasteiger partial charge is 0.312 e. The Morgan fingerprint density at radius 2 is 1.88 bits per heavy atom. The molecule has 0 bridgehead atoms. The molecule has 1 aromatic carbocycles. The SMILES string of the molecule is COCC(C)n1c(C)cc(C(=O)COc2ccc(S(=O)(=O)N3CCCC3)cc2[N+](=O)[O-])c1C. The van der Waals surface area contributed by atoms with Crippen LogP contribution in [-0.2, 0) is 14.8 Å². The quantitative estimate of drug-likeness (QED) is 0.291. The highest BCUT2D eigenvalue weighted by molar-refractivity contribution is 7.89. The summed E-state index contributed by atoms with van der Waals surface area (Å²) in [5.41, 5.74) is 1.61. The lowest BCUT2D eigenvalue weighted by Crippen LogP contribution is -2.27. The summed E-state index contributed by atoms with van der Waals surface area (Å²) in [5.74, 6) is -0.489. The molecule has 10 nitrogen and oxygen atoms in total. The Hall–Kier alpha value is -2.76.